The van der Waals surface area contributed by atoms with Gasteiger partial charge in [-0.25, -0.2) is 9.59 Å². The van der Waals surface area contributed by atoms with Crippen molar-refractivity contribution < 1.29 is 24.2 Å². The number of hydrogen-bond acceptors (Lipinski definition) is 5. The van der Waals surface area contributed by atoms with E-state index in [-0.39, 0.29) is 0 Å². The summed E-state index contributed by atoms with van der Waals surface area (Å²) in [5.41, 5.74) is -2.07. The van der Waals surface area contributed by atoms with Crippen LogP contribution in [0.25, 0.3) is 0 Å². The quantitative estimate of drug-likeness (QED) is 0.833. The molecule has 0 aliphatic rings. The molecule has 2 N–H and O–H groups in total. The van der Waals surface area contributed by atoms with Crippen LogP contribution in [0.2, 0.25) is 0 Å². The van der Waals surface area contributed by atoms with Crippen molar-refractivity contribution in [3.8, 4) is 0 Å². The zero-order valence-corrected chi connectivity index (χ0v) is 13.5. The second-order valence-electron chi connectivity index (χ2n) is 6.13. The van der Waals surface area contributed by atoms with Gasteiger partial charge in [0.15, 0.2) is 5.60 Å². The Morgan fingerprint density at radius 2 is 1.68 bits per heavy atom. The molecule has 6 heteroatoms. The molecule has 0 heterocycles. The molecule has 0 saturated carbocycles. The van der Waals surface area contributed by atoms with E-state index in [4.69, 9.17) is 4.74 Å². The van der Waals surface area contributed by atoms with Gasteiger partial charge in [-0.15, -0.1) is 0 Å². The van der Waals surface area contributed by atoms with Crippen LogP contribution in [0, 0.1) is 0 Å². The van der Waals surface area contributed by atoms with Gasteiger partial charge < -0.3 is 19.9 Å². The van der Waals surface area contributed by atoms with E-state index in [0.29, 0.717) is 5.56 Å². The Hall–Kier alpha value is -2.08. The number of nitrogens with one attached hydrogen (secondary N) is 1. The number of ether oxygens (including phenoxy) is 2. The molecule has 0 aromatic heterocycles. The van der Waals surface area contributed by atoms with Crippen molar-refractivity contribution in [3.05, 3.63) is 35.9 Å². The monoisotopic (exact) mass is 309 g/mol. The molecule has 0 aliphatic carbocycles. The number of benzene rings is 1. The second-order valence-corrected chi connectivity index (χ2v) is 6.13. The largest absolute Gasteiger partial charge is 0.467 e. The van der Waals surface area contributed by atoms with Crippen molar-refractivity contribution in [2.24, 2.45) is 0 Å². The minimum atomic E-state index is -1.94. The second kappa shape index (κ2) is 6.79. The summed E-state index contributed by atoms with van der Waals surface area (Å²) < 4.78 is 9.80. The number of carbonyl (C=O) groups is 2. The summed E-state index contributed by atoms with van der Waals surface area (Å²) in [6.07, 6.45) is -0.731. The highest BCUT2D eigenvalue weighted by Gasteiger charge is 2.43. The number of carbonyl (C=O) groups excluding carboxylic acids is 2. The number of amides is 1. The maximum atomic E-state index is 12.0. The molecule has 0 saturated heterocycles. The molecule has 1 aromatic rings. The molecule has 1 aromatic carbocycles. The summed E-state index contributed by atoms with van der Waals surface area (Å²) >= 11 is 0. The Kier molecular flexibility index (Phi) is 5.54. The number of alkyl carbamates (subject to hydrolysis) is 1. The van der Waals surface area contributed by atoms with E-state index >= 15 is 0 Å². The zero-order valence-electron chi connectivity index (χ0n) is 13.5. The van der Waals surface area contributed by atoms with E-state index in [1.54, 1.807) is 51.1 Å². The van der Waals surface area contributed by atoms with Crippen LogP contribution in [-0.2, 0) is 14.3 Å². The van der Waals surface area contributed by atoms with Crippen LogP contribution in [0.1, 0.15) is 39.3 Å². The predicted molar refractivity (Wildman–Crippen MR) is 81.2 cm³/mol. The van der Waals surface area contributed by atoms with Gasteiger partial charge in [-0.05, 0) is 33.3 Å². The zero-order chi connectivity index (χ0) is 17.0. The fourth-order valence-electron chi connectivity index (χ4n) is 1.94. The van der Waals surface area contributed by atoms with Crippen molar-refractivity contribution >= 4 is 12.1 Å². The first kappa shape index (κ1) is 18.0. The van der Waals surface area contributed by atoms with Gasteiger partial charge in [0.05, 0.1) is 13.2 Å². The van der Waals surface area contributed by atoms with Gasteiger partial charge in [-0.2, -0.15) is 0 Å². The molecule has 0 bridgehead atoms. The molecule has 22 heavy (non-hydrogen) atoms. The van der Waals surface area contributed by atoms with E-state index in [1.807, 2.05) is 0 Å². The minimum Gasteiger partial charge on any atom is -0.467 e. The first-order chi connectivity index (χ1) is 10.1. The predicted octanol–water partition coefficient (Wildman–Crippen LogP) is 2.18. The smallest absolute Gasteiger partial charge is 0.408 e. The highest BCUT2D eigenvalue weighted by molar-refractivity contribution is 5.81. The fourth-order valence-corrected chi connectivity index (χ4v) is 1.94. The van der Waals surface area contributed by atoms with Crippen LogP contribution in [0.4, 0.5) is 4.79 Å². The van der Waals surface area contributed by atoms with Crippen molar-refractivity contribution in [3.63, 3.8) is 0 Å². The van der Waals surface area contributed by atoms with Crippen LogP contribution in [0.15, 0.2) is 30.3 Å². The van der Waals surface area contributed by atoms with Gasteiger partial charge in [0.2, 0.25) is 0 Å². The van der Waals surface area contributed by atoms with Gasteiger partial charge in [0, 0.05) is 0 Å². The maximum Gasteiger partial charge on any atom is 0.408 e. The Balaban J connectivity index is 3.08. The summed E-state index contributed by atoms with van der Waals surface area (Å²) in [5, 5.41) is 13.0. The van der Waals surface area contributed by atoms with Gasteiger partial charge in [0.1, 0.15) is 5.60 Å². The normalized spacial score (nSPS) is 15.4. The third-order valence-electron chi connectivity index (χ3n) is 2.95. The van der Waals surface area contributed by atoms with Crippen LogP contribution in [0.3, 0.4) is 0 Å². The van der Waals surface area contributed by atoms with Crippen LogP contribution in [-0.4, -0.2) is 35.5 Å². The fraction of sp³-hybridized carbons (Fsp3) is 0.500. The van der Waals surface area contributed by atoms with E-state index < -0.39 is 29.3 Å². The van der Waals surface area contributed by atoms with Gasteiger partial charge in [-0.3, -0.25) is 0 Å². The van der Waals surface area contributed by atoms with Gasteiger partial charge in [0.25, 0.3) is 0 Å². The molecule has 0 fully saturated rings. The van der Waals surface area contributed by atoms with Crippen molar-refractivity contribution in [1.29, 1.82) is 0 Å². The minimum absolute atomic E-state index is 0.559. The lowest BCUT2D eigenvalue weighted by Crippen LogP contribution is -2.50. The summed E-state index contributed by atoms with van der Waals surface area (Å²) in [6, 6.07) is 7.66. The summed E-state index contributed by atoms with van der Waals surface area (Å²) in [7, 11) is 1.17. The number of methoxy groups -OCH3 is 1. The molecule has 1 rings (SSSR count). The van der Waals surface area contributed by atoms with E-state index in [0.717, 1.165) is 0 Å². The standard InChI is InChI=1S/C16H23NO5/c1-15(2,3)22-14(19)17-12(11-9-7-6-8-10-11)16(4,20)13(18)21-5/h6-10,12,20H,1-5H3,(H,17,19)/t12-,16+/m1/s1. The summed E-state index contributed by atoms with van der Waals surface area (Å²) in [5.74, 6) is -0.850. The first-order valence-corrected chi connectivity index (χ1v) is 6.93. The molecule has 0 unspecified atom stereocenters. The Morgan fingerprint density at radius 1 is 1.14 bits per heavy atom. The Morgan fingerprint density at radius 3 is 2.14 bits per heavy atom. The molecule has 1 amide bonds. The van der Waals surface area contributed by atoms with Gasteiger partial charge >= 0.3 is 12.1 Å². The summed E-state index contributed by atoms with van der Waals surface area (Å²) in [4.78, 5) is 23.9. The molecule has 0 radical (unpaired) electrons. The Bertz CT molecular complexity index is 519. The highest BCUT2D eigenvalue weighted by Crippen LogP contribution is 2.27. The average molecular weight is 309 g/mol. The Labute approximate surface area is 130 Å². The van der Waals surface area contributed by atoms with Crippen molar-refractivity contribution in [2.75, 3.05) is 7.11 Å². The van der Waals surface area contributed by atoms with Crippen molar-refractivity contribution in [2.45, 2.75) is 44.9 Å². The lowest BCUT2D eigenvalue weighted by Gasteiger charge is -2.32. The maximum absolute atomic E-state index is 12.0. The average Bonchev–Trinajstić information content (AvgIpc) is 2.42. The number of aliphatic hydroxyl groups is 1. The molecular weight excluding hydrogens is 286 g/mol. The first-order valence-electron chi connectivity index (χ1n) is 6.93. The lowest BCUT2D eigenvalue weighted by molar-refractivity contribution is -0.163. The SMILES string of the molecule is COC(=O)[C@@](C)(O)[C@H](NC(=O)OC(C)(C)C)c1ccccc1. The molecule has 122 valence electrons. The third-order valence-corrected chi connectivity index (χ3v) is 2.95. The third kappa shape index (κ3) is 4.73. The van der Waals surface area contributed by atoms with Gasteiger partial charge in [-0.1, -0.05) is 30.3 Å². The topological polar surface area (TPSA) is 84.9 Å². The molecular formula is C16H23NO5. The van der Waals surface area contributed by atoms with Crippen LogP contribution in [0.5, 0.6) is 0 Å². The molecule has 0 spiro atoms. The van der Waals surface area contributed by atoms with E-state index in [1.165, 1.54) is 14.0 Å². The number of esters is 1. The van der Waals surface area contributed by atoms with Crippen molar-refractivity contribution in [1.82, 2.24) is 5.32 Å². The molecule has 2 atom stereocenters. The number of rotatable bonds is 4. The van der Waals surface area contributed by atoms with Crippen LogP contribution < -0.4 is 5.32 Å². The van der Waals surface area contributed by atoms with E-state index in [9.17, 15) is 14.7 Å². The molecule has 0 aliphatic heterocycles. The van der Waals surface area contributed by atoms with Crippen LogP contribution >= 0.6 is 0 Å². The summed E-state index contributed by atoms with van der Waals surface area (Å²) in [6.45, 7) is 6.46. The highest BCUT2D eigenvalue weighted by atomic mass is 16.6. The lowest BCUT2D eigenvalue weighted by atomic mass is 9.90. The van der Waals surface area contributed by atoms with E-state index in [2.05, 4.69) is 10.1 Å². The number of hydrogen-bond donors (Lipinski definition) is 2. The molecule has 6 nitrogen and oxygen atoms in total.